The van der Waals surface area contributed by atoms with Gasteiger partial charge in [-0.15, -0.1) is 0 Å². The summed E-state index contributed by atoms with van der Waals surface area (Å²) >= 11 is 0. The Morgan fingerprint density at radius 3 is 2.24 bits per heavy atom. The molecule has 142 valence electrons. The Balaban J connectivity index is 1.90. The maximum Gasteiger partial charge on any atom is 0.147 e. The van der Waals surface area contributed by atoms with Gasteiger partial charge in [0.15, 0.2) is 0 Å². The molecule has 2 bridgehead atoms. The molecule has 4 aliphatic rings. The normalized spacial score (nSPS) is 60.1. The van der Waals surface area contributed by atoms with Crippen molar-refractivity contribution in [3.05, 3.63) is 0 Å². The van der Waals surface area contributed by atoms with Crippen LogP contribution in [0.15, 0.2) is 0 Å². The van der Waals surface area contributed by atoms with Gasteiger partial charge in [0, 0.05) is 11.3 Å². The minimum Gasteiger partial charge on any atom is -0.392 e. The standard InChI is InChI=1S/C20H32O5/c1-9-10-5-6-12-19(4)13(18(2,3)8-11(21)17(19)25)7-14(22)20(12,15(9)23)16(10)24/h9-14,16-17,21-22,24-25H,5-8H2,1-4H3/t9-,10+,11-,12+,13-,14-,16-,17+,19+,20+/m1/s1. The lowest BCUT2D eigenvalue weighted by molar-refractivity contribution is -0.270. The number of carbonyl (C=O) groups is 1. The van der Waals surface area contributed by atoms with E-state index >= 15 is 0 Å². The van der Waals surface area contributed by atoms with Crippen molar-refractivity contribution in [2.75, 3.05) is 0 Å². The summed E-state index contributed by atoms with van der Waals surface area (Å²) in [7, 11) is 0. The van der Waals surface area contributed by atoms with Crippen molar-refractivity contribution in [2.45, 2.75) is 77.8 Å². The van der Waals surface area contributed by atoms with E-state index < -0.39 is 35.2 Å². The fraction of sp³-hybridized carbons (Fsp3) is 0.950. The number of rotatable bonds is 0. The number of ketones is 1. The van der Waals surface area contributed by atoms with Crippen molar-refractivity contribution in [3.63, 3.8) is 0 Å². The molecule has 0 aromatic rings. The minimum atomic E-state index is -1.18. The molecule has 0 aromatic heterocycles. The molecule has 0 unspecified atom stereocenters. The molecule has 4 saturated carbocycles. The van der Waals surface area contributed by atoms with E-state index in [0.29, 0.717) is 19.3 Å². The Morgan fingerprint density at radius 1 is 0.960 bits per heavy atom. The fourth-order valence-corrected chi connectivity index (χ4v) is 7.86. The number of aliphatic hydroxyl groups is 4. The molecule has 1 spiro atoms. The zero-order chi connectivity index (χ0) is 18.5. The van der Waals surface area contributed by atoms with Crippen LogP contribution in [0.25, 0.3) is 0 Å². The summed E-state index contributed by atoms with van der Waals surface area (Å²) in [6, 6.07) is 0. The van der Waals surface area contributed by atoms with Crippen LogP contribution in [0, 0.1) is 39.9 Å². The van der Waals surface area contributed by atoms with E-state index in [9.17, 15) is 25.2 Å². The number of Topliss-reactive ketones (excluding diaryl/α,β-unsaturated/α-hetero) is 1. The molecular weight excluding hydrogens is 320 g/mol. The number of aliphatic hydroxyl groups excluding tert-OH is 4. The van der Waals surface area contributed by atoms with E-state index in [1.54, 1.807) is 0 Å². The van der Waals surface area contributed by atoms with Gasteiger partial charge in [0.1, 0.15) is 5.78 Å². The van der Waals surface area contributed by atoms with Crippen molar-refractivity contribution in [1.82, 2.24) is 0 Å². The largest absolute Gasteiger partial charge is 0.392 e. The van der Waals surface area contributed by atoms with E-state index in [4.69, 9.17) is 0 Å². The third-order valence-corrected chi connectivity index (χ3v) is 8.94. The molecule has 4 fully saturated rings. The van der Waals surface area contributed by atoms with Gasteiger partial charge in [-0.25, -0.2) is 0 Å². The van der Waals surface area contributed by atoms with Gasteiger partial charge in [0.2, 0.25) is 0 Å². The van der Waals surface area contributed by atoms with Gasteiger partial charge in [-0.3, -0.25) is 4.79 Å². The summed E-state index contributed by atoms with van der Waals surface area (Å²) < 4.78 is 0. The van der Waals surface area contributed by atoms with Crippen LogP contribution in [0.2, 0.25) is 0 Å². The van der Waals surface area contributed by atoms with Gasteiger partial charge >= 0.3 is 0 Å². The van der Waals surface area contributed by atoms with Gasteiger partial charge in [0.05, 0.1) is 29.8 Å². The molecule has 4 N–H and O–H groups in total. The highest BCUT2D eigenvalue weighted by Gasteiger charge is 2.76. The maximum atomic E-state index is 13.3. The third-order valence-electron chi connectivity index (χ3n) is 8.94. The summed E-state index contributed by atoms with van der Waals surface area (Å²) in [6.07, 6.45) is -1.19. The molecular formula is C20H32O5. The Hall–Kier alpha value is -0.490. The Morgan fingerprint density at radius 2 is 1.60 bits per heavy atom. The van der Waals surface area contributed by atoms with E-state index in [1.165, 1.54) is 0 Å². The average molecular weight is 352 g/mol. The van der Waals surface area contributed by atoms with Crippen LogP contribution in [0.4, 0.5) is 0 Å². The van der Waals surface area contributed by atoms with Crippen LogP contribution in [0.5, 0.6) is 0 Å². The molecule has 0 saturated heterocycles. The molecule has 25 heavy (non-hydrogen) atoms. The van der Waals surface area contributed by atoms with Crippen LogP contribution < -0.4 is 0 Å². The number of fused-ring (bicyclic) bond motifs is 3. The first kappa shape index (κ1) is 17.9. The van der Waals surface area contributed by atoms with Crippen LogP contribution in [-0.4, -0.2) is 50.6 Å². The van der Waals surface area contributed by atoms with Crippen molar-refractivity contribution < 1.29 is 25.2 Å². The molecule has 0 heterocycles. The molecule has 0 amide bonds. The second-order valence-corrected chi connectivity index (χ2v) is 10.2. The topological polar surface area (TPSA) is 98.0 Å². The molecule has 4 rings (SSSR count). The van der Waals surface area contributed by atoms with Crippen LogP contribution >= 0.6 is 0 Å². The summed E-state index contributed by atoms with van der Waals surface area (Å²) in [5.41, 5.74) is -2.11. The molecule has 4 aliphatic carbocycles. The second-order valence-electron chi connectivity index (χ2n) is 10.2. The highest BCUT2D eigenvalue weighted by molar-refractivity contribution is 5.92. The molecule has 5 nitrogen and oxygen atoms in total. The minimum absolute atomic E-state index is 0.00326. The quantitative estimate of drug-likeness (QED) is 0.524. The smallest absolute Gasteiger partial charge is 0.147 e. The highest BCUT2D eigenvalue weighted by atomic mass is 16.3. The third kappa shape index (κ3) is 1.81. The van der Waals surface area contributed by atoms with E-state index in [0.717, 1.165) is 6.42 Å². The molecule has 5 heteroatoms. The number of hydrogen-bond acceptors (Lipinski definition) is 5. The predicted molar refractivity (Wildman–Crippen MR) is 91.5 cm³/mol. The van der Waals surface area contributed by atoms with Gasteiger partial charge < -0.3 is 20.4 Å². The van der Waals surface area contributed by atoms with Crippen LogP contribution in [0.1, 0.15) is 53.4 Å². The lowest BCUT2D eigenvalue weighted by Gasteiger charge is -2.67. The second kappa shape index (κ2) is 5.06. The summed E-state index contributed by atoms with van der Waals surface area (Å²) in [6.45, 7) is 8.01. The molecule has 0 aliphatic heterocycles. The Kier molecular flexibility index (Phi) is 3.62. The van der Waals surface area contributed by atoms with Crippen molar-refractivity contribution in [2.24, 2.45) is 39.9 Å². The lowest BCUT2D eigenvalue weighted by Crippen LogP contribution is -2.71. The average Bonchev–Trinajstić information content (AvgIpc) is 2.65. The van der Waals surface area contributed by atoms with Gasteiger partial charge in [-0.1, -0.05) is 27.7 Å². The molecule has 10 atom stereocenters. The van der Waals surface area contributed by atoms with Gasteiger partial charge in [0.25, 0.3) is 0 Å². The SMILES string of the molecule is C[C@H]1C(=O)[C@@]23[C@H](O)C[C@@H]4C(C)(C)C[C@@H](O)[C@H](O)[C@@]4(C)[C@@H]2CC[C@@H]1[C@H]3O. The van der Waals surface area contributed by atoms with E-state index in [1.807, 2.05) is 13.8 Å². The maximum absolute atomic E-state index is 13.3. The highest BCUT2D eigenvalue weighted by Crippen LogP contribution is 2.71. The van der Waals surface area contributed by atoms with Gasteiger partial charge in [-0.2, -0.15) is 0 Å². The van der Waals surface area contributed by atoms with Crippen molar-refractivity contribution in [1.29, 1.82) is 0 Å². The molecule has 0 aromatic carbocycles. The Labute approximate surface area is 149 Å². The summed E-state index contributed by atoms with van der Waals surface area (Å²) in [4.78, 5) is 13.3. The van der Waals surface area contributed by atoms with E-state index in [-0.39, 0.29) is 34.9 Å². The summed E-state index contributed by atoms with van der Waals surface area (Å²) in [5, 5.41) is 43.8. The zero-order valence-electron chi connectivity index (χ0n) is 15.6. The van der Waals surface area contributed by atoms with Crippen LogP contribution in [-0.2, 0) is 4.79 Å². The molecule has 0 radical (unpaired) electrons. The predicted octanol–water partition coefficient (Wildman–Crippen LogP) is 1.12. The monoisotopic (exact) mass is 352 g/mol. The lowest BCUT2D eigenvalue weighted by atomic mass is 9.39. The van der Waals surface area contributed by atoms with E-state index in [2.05, 4.69) is 13.8 Å². The number of carbonyl (C=O) groups excluding carboxylic acids is 1. The fourth-order valence-electron chi connectivity index (χ4n) is 7.86. The van der Waals surface area contributed by atoms with Crippen LogP contribution in [0.3, 0.4) is 0 Å². The Bertz CT molecular complexity index is 603. The first-order valence-corrected chi connectivity index (χ1v) is 9.77. The summed E-state index contributed by atoms with van der Waals surface area (Å²) in [5.74, 6) is -0.700. The van der Waals surface area contributed by atoms with Crippen molar-refractivity contribution >= 4 is 5.78 Å². The first-order chi connectivity index (χ1) is 11.5. The first-order valence-electron chi connectivity index (χ1n) is 9.77. The number of hydrogen-bond donors (Lipinski definition) is 4. The van der Waals surface area contributed by atoms with Gasteiger partial charge in [-0.05, 0) is 48.9 Å². The van der Waals surface area contributed by atoms with Crippen molar-refractivity contribution in [3.8, 4) is 0 Å². The zero-order valence-corrected chi connectivity index (χ0v) is 15.6.